The smallest absolute Gasteiger partial charge is 0.356 e. The van der Waals surface area contributed by atoms with E-state index in [0.717, 1.165) is 4.90 Å². The Kier molecular flexibility index (Phi) is 4.70. The Morgan fingerprint density at radius 1 is 1.50 bits per heavy atom. The summed E-state index contributed by atoms with van der Waals surface area (Å²) < 4.78 is 5.31. The first kappa shape index (κ1) is 14.5. The fourth-order valence-electron chi connectivity index (χ4n) is 1.36. The van der Waals surface area contributed by atoms with E-state index in [1.165, 1.54) is 36.4 Å². The van der Waals surface area contributed by atoms with Crippen LogP contribution < -0.4 is 0 Å². The number of ether oxygens (including phenoxy) is 1. The molecule has 2 heterocycles. The van der Waals surface area contributed by atoms with Crippen LogP contribution in [0.2, 0.25) is 0 Å². The highest BCUT2D eigenvalue weighted by molar-refractivity contribution is 8.01. The minimum atomic E-state index is -0.913. The maximum atomic E-state index is 11.4. The van der Waals surface area contributed by atoms with Crippen LogP contribution in [0.4, 0.5) is 0 Å². The Bertz CT molecular complexity index is 642. The van der Waals surface area contributed by atoms with Crippen molar-refractivity contribution < 1.29 is 19.4 Å². The van der Waals surface area contributed by atoms with Crippen LogP contribution in [0.15, 0.2) is 32.9 Å². The zero-order chi connectivity index (χ0) is 14.5. The lowest BCUT2D eigenvalue weighted by Crippen LogP contribution is -2.03. The first-order chi connectivity index (χ1) is 9.58. The number of esters is 1. The van der Waals surface area contributed by atoms with Crippen molar-refractivity contribution in [3.63, 3.8) is 0 Å². The van der Waals surface area contributed by atoms with Crippen LogP contribution in [-0.2, 0) is 16.0 Å². The number of hydrogen-bond donors (Lipinski definition) is 1. The monoisotopic (exact) mass is 310 g/mol. The van der Waals surface area contributed by atoms with Gasteiger partial charge in [-0.25, -0.2) is 14.8 Å². The van der Waals surface area contributed by atoms with Crippen molar-refractivity contribution in [3.8, 4) is 0 Å². The normalized spacial score (nSPS) is 10.2. The molecular formula is C12H10N2O4S2. The van der Waals surface area contributed by atoms with Gasteiger partial charge in [-0.1, -0.05) is 11.8 Å². The molecule has 0 unspecified atom stereocenters. The van der Waals surface area contributed by atoms with Gasteiger partial charge in [0.05, 0.1) is 19.2 Å². The van der Waals surface area contributed by atoms with E-state index in [0.29, 0.717) is 10.0 Å². The van der Waals surface area contributed by atoms with Crippen molar-refractivity contribution in [2.75, 3.05) is 7.11 Å². The maximum Gasteiger partial charge on any atom is 0.356 e. The third-order valence-electron chi connectivity index (χ3n) is 2.19. The Morgan fingerprint density at radius 3 is 3.00 bits per heavy atom. The molecule has 104 valence electrons. The molecule has 1 N–H and O–H groups in total. The Hall–Kier alpha value is -1.93. The molecule has 2 rings (SSSR count). The highest BCUT2D eigenvalue weighted by Crippen LogP contribution is 2.30. The van der Waals surface area contributed by atoms with Crippen molar-refractivity contribution in [2.24, 2.45) is 0 Å². The summed E-state index contributed by atoms with van der Waals surface area (Å²) >= 11 is 2.70. The molecule has 0 aliphatic carbocycles. The number of pyridine rings is 1. The third kappa shape index (κ3) is 3.78. The van der Waals surface area contributed by atoms with Gasteiger partial charge in [-0.15, -0.1) is 11.3 Å². The molecule has 0 spiro atoms. The molecule has 2 aromatic heterocycles. The van der Waals surface area contributed by atoms with Gasteiger partial charge >= 0.3 is 11.9 Å². The van der Waals surface area contributed by atoms with Crippen LogP contribution in [0.5, 0.6) is 0 Å². The first-order valence-corrected chi connectivity index (χ1v) is 7.16. The summed E-state index contributed by atoms with van der Waals surface area (Å²) in [6, 6.07) is 3.35. The number of carboxylic acid groups (broad SMARTS) is 1. The van der Waals surface area contributed by atoms with Gasteiger partial charge in [-0.2, -0.15) is 0 Å². The number of thiazole rings is 1. The van der Waals surface area contributed by atoms with Crippen LogP contribution >= 0.6 is 23.1 Å². The quantitative estimate of drug-likeness (QED) is 0.846. The fraction of sp³-hybridized carbons (Fsp3) is 0.167. The van der Waals surface area contributed by atoms with E-state index in [9.17, 15) is 9.59 Å². The lowest BCUT2D eigenvalue weighted by atomic mass is 10.3. The van der Waals surface area contributed by atoms with E-state index >= 15 is 0 Å². The van der Waals surface area contributed by atoms with Crippen molar-refractivity contribution in [3.05, 3.63) is 35.1 Å². The predicted molar refractivity (Wildman–Crippen MR) is 73.2 cm³/mol. The lowest BCUT2D eigenvalue weighted by molar-refractivity contribution is -0.136. The molecule has 0 atom stereocenters. The van der Waals surface area contributed by atoms with Gasteiger partial charge in [0.25, 0.3) is 0 Å². The Balaban J connectivity index is 2.11. The minimum absolute atomic E-state index is 0.0964. The molecule has 0 bridgehead atoms. The number of hydrogen-bond acceptors (Lipinski definition) is 7. The van der Waals surface area contributed by atoms with Crippen molar-refractivity contribution in [2.45, 2.75) is 15.7 Å². The van der Waals surface area contributed by atoms with E-state index in [-0.39, 0.29) is 12.1 Å². The van der Waals surface area contributed by atoms with Gasteiger partial charge < -0.3 is 9.84 Å². The Labute approximate surface area is 122 Å². The van der Waals surface area contributed by atoms with Gasteiger partial charge in [0.1, 0.15) is 5.69 Å². The number of methoxy groups -OCH3 is 1. The molecule has 8 heteroatoms. The van der Waals surface area contributed by atoms with Crippen LogP contribution in [0.3, 0.4) is 0 Å². The topological polar surface area (TPSA) is 89.4 Å². The molecule has 0 saturated carbocycles. The predicted octanol–water partition coefficient (Wildman–Crippen LogP) is 2.10. The summed E-state index contributed by atoms with van der Waals surface area (Å²) in [5, 5.41) is 10.4. The fourth-order valence-corrected chi connectivity index (χ4v) is 3.20. The number of carboxylic acids is 1. The van der Waals surface area contributed by atoms with E-state index in [1.54, 1.807) is 17.5 Å². The largest absolute Gasteiger partial charge is 0.481 e. The molecule has 0 radical (unpaired) electrons. The van der Waals surface area contributed by atoms with Crippen LogP contribution in [0.1, 0.15) is 16.2 Å². The second kappa shape index (κ2) is 6.49. The molecule has 0 aliphatic heterocycles. The number of aromatic nitrogens is 2. The van der Waals surface area contributed by atoms with E-state index < -0.39 is 11.9 Å². The molecule has 0 fully saturated rings. The molecule has 0 amide bonds. The summed E-state index contributed by atoms with van der Waals surface area (Å²) in [7, 11) is 1.29. The number of carbonyl (C=O) groups is 2. The second-order valence-corrected chi connectivity index (χ2v) is 5.82. The summed E-state index contributed by atoms with van der Waals surface area (Å²) in [5.74, 6) is -1.41. The third-order valence-corrected chi connectivity index (χ3v) is 4.17. The maximum absolute atomic E-state index is 11.4. The van der Waals surface area contributed by atoms with E-state index in [4.69, 9.17) is 5.11 Å². The van der Waals surface area contributed by atoms with E-state index in [2.05, 4.69) is 14.7 Å². The number of rotatable bonds is 5. The first-order valence-electron chi connectivity index (χ1n) is 5.47. The SMILES string of the molecule is COC(=O)c1cc(Sc2nc(CC(=O)O)cs2)ccn1. The van der Waals surface area contributed by atoms with Gasteiger partial charge in [-0.3, -0.25) is 4.79 Å². The molecule has 2 aromatic rings. The zero-order valence-corrected chi connectivity index (χ0v) is 12.0. The molecule has 20 heavy (non-hydrogen) atoms. The molecule has 0 aromatic carbocycles. The van der Waals surface area contributed by atoms with Gasteiger partial charge in [0.2, 0.25) is 0 Å². The van der Waals surface area contributed by atoms with Gasteiger partial charge in [0.15, 0.2) is 4.34 Å². The average Bonchev–Trinajstić information content (AvgIpc) is 2.84. The van der Waals surface area contributed by atoms with Crippen LogP contribution in [0, 0.1) is 0 Å². The van der Waals surface area contributed by atoms with E-state index in [1.807, 2.05) is 0 Å². The summed E-state index contributed by atoms with van der Waals surface area (Å²) in [6.45, 7) is 0. The standard InChI is InChI=1S/C12H10N2O4S2/c1-18-11(17)9-5-8(2-3-13-9)20-12-14-7(6-19-12)4-10(15)16/h2-3,5-6H,4H2,1H3,(H,15,16). The highest BCUT2D eigenvalue weighted by Gasteiger charge is 2.10. The van der Waals surface area contributed by atoms with Crippen molar-refractivity contribution in [1.82, 2.24) is 9.97 Å². The number of nitrogens with zero attached hydrogens (tertiary/aromatic N) is 2. The summed E-state index contributed by atoms with van der Waals surface area (Å²) in [5.41, 5.74) is 0.743. The van der Waals surface area contributed by atoms with Gasteiger partial charge in [-0.05, 0) is 12.1 Å². The van der Waals surface area contributed by atoms with Crippen LogP contribution in [-0.4, -0.2) is 34.1 Å². The highest BCUT2D eigenvalue weighted by atomic mass is 32.2. The molecular weight excluding hydrogens is 300 g/mol. The number of carbonyl (C=O) groups excluding carboxylic acids is 1. The van der Waals surface area contributed by atoms with Crippen LogP contribution in [0.25, 0.3) is 0 Å². The zero-order valence-electron chi connectivity index (χ0n) is 10.4. The van der Waals surface area contributed by atoms with Crippen molar-refractivity contribution >= 4 is 35.0 Å². The average molecular weight is 310 g/mol. The van der Waals surface area contributed by atoms with Gasteiger partial charge in [0, 0.05) is 16.5 Å². The molecule has 0 aliphatic rings. The summed E-state index contributed by atoms with van der Waals surface area (Å²) in [4.78, 5) is 30.9. The molecule has 6 nitrogen and oxygen atoms in total. The van der Waals surface area contributed by atoms with Crippen molar-refractivity contribution in [1.29, 1.82) is 0 Å². The second-order valence-electron chi connectivity index (χ2n) is 3.65. The molecule has 0 saturated heterocycles. The Morgan fingerprint density at radius 2 is 2.30 bits per heavy atom. The summed E-state index contributed by atoms with van der Waals surface area (Å²) in [6.07, 6.45) is 1.42. The minimum Gasteiger partial charge on any atom is -0.481 e. The number of aliphatic carboxylic acids is 1. The lowest BCUT2D eigenvalue weighted by Gasteiger charge is -2.01.